The van der Waals surface area contributed by atoms with Crippen molar-refractivity contribution in [3.05, 3.63) is 34.4 Å². The Bertz CT molecular complexity index is 516. The van der Waals surface area contributed by atoms with Crippen LogP contribution in [0.15, 0.2) is 28.9 Å². The van der Waals surface area contributed by atoms with Crippen molar-refractivity contribution in [1.29, 1.82) is 0 Å². The van der Waals surface area contributed by atoms with Gasteiger partial charge in [-0.3, -0.25) is 4.79 Å². The number of Topliss-reactive ketones (excluding diaryl/α,β-unsaturated/α-hetero) is 1. The van der Waals surface area contributed by atoms with Gasteiger partial charge in [-0.2, -0.15) is 0 Å². The third-order valence-corrected chi connectivity index (χ3v) is 3.37. The first-order valence-corrected chi connectivity index (χ1v) is 6.32. The lowest BCUT2D eigenvalue weighted by molar-refractivity contribution is 0.0981. The molecule has 1 aromatic heterocycles. The van der Waals surface area contributed by atoms with Gasteiger partial charge in [-0.1, -0.05) is 35.3 Å². The minimum absolute atomic E-state index is 0.222. The number of nitrogens with one attached hydrogen (secondary N) is 1. The molecule has 0 aliphatic rings. The van der Waals surface area contributed by atoms with Crippen molar-refractivity contribution in [3.8, 4) is 0 Å². The molecule has 0 fully saturated rings. The maximum atomic E-state index is 12.0. The molecule has 84 valence electrons. The number of fused-ring (bicyclic) bond motifs is 1. The largest absolute Gasteiger partial charge is 0.360 e. The Balaban J connectivity index is 2.41. The van der Waals surface area contributed by atoms with E-state index in [1.165, 1.54) is 0 Å². The van der Waals surface area contributed by atoms with Crippen LogP contribution >= 0.6 is 15.9 Å². The number of carbonyl (C=O) groups excluding carboxylic acids is 1. The molecule has 1 aromatic carbocycles. The highest BCUT2D eigenvalue weighted by molar-refractivity contribution is 9.10. The van der Waals surface area contributed by atoms with Crippen LogP contribution in [0, 0.1) is 0 Å². The fourth-order valence-electron chi connectivity index (χ4n) is 1.83. The molecule has 3 heteroatoms. The van der Waals surface area contributed by atoms with E-state index in [1.54, 1.807) is 0 Å². The van der Waals surface area contributed by atoms with Crippen molar-refractivity contribution in [2.45, 2.75) is 26.2 Å². The molecule has 0 aliphatic carbocycles. The predicted molar refractivity (Wildman–Crippen MR) is 69.9 cm³/mol. The van der Waals surface area contributed by atoms with Crippen LogP contribution in [0.5, 0.6) is 0 Å². The molecule has 16 heavy (non-hydrogen) atoms. The highest BCUT2D eigenvalue weighted by Crippen LogP contribution is 2.27. The molecule has 2 aromatic rings. The summed E-state index contributed by atoms with van der Waals surface area (Å²) in [5, 5.41) is 1.00. The van der Waals surface area contributed by atoms with Gasteiger partial charge < -0.3 is 4.98 Å². The van der Waals surface area contributed by atoms with Gasteiger partial charge in [0.15, 0.2) is 5.78 Å². The smallest absolute Gasteiger partial charge is 0.165 e. The van der Waals surface area contributed by atoms with Crippen molar-refractivity contribution in [3.63, 3.8) is 0 Å². The van der Waals surface area contributed by atoms with Crippen molar-refractivity contribution in [2.75, 3.05) is 0 Å². The van der Waals surface area contributed by atoms with Crippen molar-refractivity contribution in [1.82, 2.24) is 4.98 Å². The summed E-state index contributed by atoms with van der Waals surface area (Å²) in [7, 11) is 0. The highest BCUT2D eigenvalue weighted by atomic mass is 79.9. The van der Waals surface area contributed by atoms with E-state index in [2.05, 4.69) is 27.8 Å². The number of H-pyrrole nitrogens is 1. The van der Waals surface area contributed by atoms with Crippen LogP contribution in [0.1, 0.15) is 36.5 Å². The number of carbonyl (C=O) groups is 1. The quantitative estimate of drug-likeness (QED) is 0.832. The van der Waals surface area contributed by atoms with Gasteiger partial charge in [-0.05, 0) is 18.6 Å². The Morgan fingerprint density at radius 3 is 3.00 bits per heavy atom. The summed E-state index contributed by atoms with van der Waals surface area (Å²) >= 11 is 3.49. The number of unbranched alkanes of at least 4 members (excludes halogenated alkanes) is 1. The number of rotatable bonds is 4. The Kier molecular flexibility index (Phi) is 3.44. The Labute approximate surface area is 103 Å². The van der Waals surface area contributed by atoms with E-state index in [9.17, 15) is 4.79 Å². The summed E-state index contributed by atoms with van der Waals surface area (Å²) < 4.78 is 0.978. The topological polar surface area (TPSA) is 32.9 Å². The standard InChI is InChI=1S/C13H14BrNO/c1-2-3-7-12(16)9-8-15-11-6-4-5-10(14)13(9)11/h4-6,8,15H,2-3,7H2,1H3. The number of halogens is 1. The summed E-state index contributed by atoms with van der Waals surface area (Å²) in [4.78, 5) is 15.1. The second kappa shape index (κ2) is 4.83. The fourth-order valence-corrected chi connectivity index (χ4v) is 2.41. The minimum Gasteiger partial charge on any atom is -0.360 e. The lowest BCUT2D eigenvalue weighted by Crippen LogP contribution is -1.97. The van der Waals surface area contributed by atoms with Gasteiger partial charge >= 0.3 is 0 Å². The summed E-state index contributed by atoms with van der Waals surface area (Å²) in [5.74, 6) is 0.222. The second-order valence-corrected chi connectivity index (χ2v) is 4.75. The van der Waals surface area contributed by atoms with Crippen LogP contribution < -0.4 is 0 Å². The van der Waals surface area contributed by atoms with Gasteiger partial charge in [0.05, 0.1) is 0 Å². The van der Waals surface area contributed by atoms with Gasteiger partial charge in [0.2, 0.25) is 0 Å². The Hall–Kier alpha value is -1.09. The zero-order valence-corrected chi connectivity index (χ0v) is 10.8. The average molecular weight is 280 g/mol. The van der Waals surface area contributed by atoms with Crippen LogP contribution in [-0.4, -0.2) is 10.8 Å². The monoisotopic (exact) mass is 279 g/mol. The van der Waals surface area contributed by atoms with E-state index in [0.29, 0.717) is 6.42 Å². The molecule has 1 N–H and O–H groups in total. The van der Waals surface area contributed by atoms with Gasteiger partial charge in [-0.15, -0.1) is 0 Å². The summed E-state index contributed by atoms with van der Waals surface area (Å²) in [6.45, 7) is 2.10. The summed E-state index contributed by atoms with van der Waals surface area (Å²) in [5.41, 5.74) is 1.81. The zero-order valence-electron chi connectivity index (χ0n) is 9.22. The number of ketones is 1. The first kappa shape index (κ1) is 11.4. The maximum Gasteiger partial charge on any atom is 0.165 e. The zero-order chi connectivity index (χ0) is 11.5. The van der Waals surface area contributed by atoms with Crippen LogP contribution in [0.2, 0.25) is 0 Å². The molecule has 0 radical (unpaired) electrons. The molecule has 0 spiro atoms. The Morgan fingerprint density at radius 1 is 1.44 bits per heavy atom. The van der Waals surface area contributed by atoms with Crippen molar-refractivity contribution in [2.24, 2.45) is 0 Å². The van der Waals surface area contributed by atoms with E-state index < -0.39 is 0 Å². The summed E-state index contributed by atoms with van der Waals surface area (Å²) in [6.07, 6.45) is 4.45. The number of benzene rings is 1. The lowest BCUT2D eigenvalue weighted by Gasteiger charge is -1.99. The average Bonchev–Trinajstić information content (AvgIpc) is 2.71. The maximum absolute atomic E-state index is 12.0. The van der Waals surface area contributed by atoms with Crippen LogP contribution in [0.3, 0.4) is 0 Å². The molecular weight excluding hydrogens is 266 g/mol. The van der Waals surface area contributed by atoms with Gasteiger partial charge in [0.1, 0.15) is 0 Å². The molecule has 0 saturated carbocycles. The first-order valence-electron chi connectivity index (χ1n) is 5.53. The van der Waals surface area contributed by atoms with Crippen molar-refractivity contribution < 1.29 is 4.79 Å². The molecule has 0 aliphatic heterocycles. The number of aromatic nitrogens is 1. The van der Waals surface area contributed by atoms with E-state index in [1.807, 2.05) is 24.4 Å². The third kappa shape index (κ3) is 2.05. The lowest BCUT2D eigenvalue weighted by atomic mass is 10.1. The number of hydrogen-bond donors (Lipinski definition) is 1. The van der Waals surface area contributed by atoms with Gasteiger partial charge in [-0.25, -0.2) is 0 Å². The molecule has 2 rings (SSSR count). The molecular formula is C13H14BrNO. The normalized spacial score (nSPS) is 10.9. The summed E-state index contributed by atoms with van der Waals surface area (Å²) in [6, 6.07) is 5.91. The van der Waals surface area contributed by atoms with E-state index >= 15 is 0 Å². The molecule has 0 atom stereocenters. The number of aromatic amines is 1. The molecule has 2 nitrogen and oxygen atoms in total. The van der Waals surface area contributed by atoms with Gasteiger partial charge in [0.25, 0.3) is 0 Å². The molecule has 0 saturated heterocycles. The molecule has 0 unspecified atom stereocenters. The van der Waals surface area contributed by atoms with E-state index in [4.69, 9.17) is 0 Å². The fraction of sp³-hybridized carbons (Fsp3) is 0.308. The van der Waals surface area contributed by atoms with Crippen LogP contribution in [-0.2, 0) is 0 Å². The Morgan fingerprint density at radius 2 is 2.25 bits per heavy atom. The second-order valence-electron chi connectivity index (χ2n) is 3.89. The molecule has 1 heterocycles. The molecule has 0 amide bonds. The third-order valence-electron chi connectivity index (χ3n) is 2.71. The van der Waals surface area contributed by atoms with Crippen molar-refractivity contribution >= 4 is 32.6 Å². The first-order chi connectivity index (χ1) is 7.74. The van der Waals surface area contributed by atoms with Crippen LogP contribution in [0.25, 0.3) is 10.9 Å². The molecule has 0 bridgehead atoms. The SMILES string of the molecule is CCCCC(=O)c1c[nH]c2cccc(Br)c12. The van der Waals surface area contributed by atoms with Crippen LogP contribution in [0.4, 0.5) is 0 Å². The van der Waals surface area contributed by atoms with E-state index in [-0.39, 0.29) is 5.78 Å². The number of hydrogen-bond acceptors (Lipinski definition) is 1. The highest BCUT2D eigenvalue weighted by Gasteiger charge is 2.13. The van der Waals surface area contributed by atoms with E-state index in [0.717, 1.165) is 33.8 Å². The predicted octanol–water partition coefficient (Wildman–Crippen LogP) is 4.30. The minimum atomic E-state index is 0.222. The van der Waals surface area contributed by atoms with Gasteiger partial charge in [0, 0.05) is 33.6 Å².